The second kappa shape index (κ2) is 8.10. The van der Waals surface area contributed by atoms with E-state index in [1.165, 1.54) is 41.7 Å². The third-order valence-corrected chi connectivity index (χ3v) is 7.98. The van der Waals surface area contributed by atoms with Crippen LogP contribution in [0.5, 0.6) is 5.75 Å². The Bertz CT molecular complexity index is 1040. The zero-order chi connectivity index (χ0) is 20.4. The van der Waals surface area contributed by atoms with Crippen molar-refractivity contribution in [2.75, 3.05) is 24.9 Å². The number of ether oxygens (including phenoxy) is 1. The zero-order valence-electron chi connectivity index (χ0n) is 15.9. The van der Waals surface area contributed by atoms with E-state index in [4.69, 9.17) is 4.74 Å². The lowest BCUT2D eigenvalue weighted by atomic mass is 10.2. The average molecular weight is 425 g/mol. The molecule has 0 bridgehead atoms. The Balaban J connectivity index is 1.90. The Labute approximate surface area is 166 Å². The van der Waals surface area contributed by atoms with Crippen molar-refractivity contribution in [3.8, 4) is 5.75 Å². The number of hydrogen-bond donors (Lipinski definition) is 1. The van der Waals surface area contributed by atoms with Crippen LogP contribution in [0.3, 0.4) is 0 Å². The van der Waals surface area contributed by atoms with E-state index in [2.05, 4.69) is 4.72 Å². The van der Waals surface area contributed by atoms with Crippen LogP contribution >= 0.6 is 0 Å². The highest BCUT2D eigenvalue weighted by Gasteiger charge is 2.27. The highest BCUT2D eigenvalue weighted by atomic mass is 32.2. The molecule has 2 aromatic carbocycles. The molecule has 28 heavy (non-hydrogen) atoms. The molecule has 0 radical (unpaired) electrons. The van der Waals surface area contributed by atoms with E-state index in [0.717, 1.165) is 24.8 Å². The Morgan fingerprint density at radius 3 is 2.11 bits per heavy atom. The molecule has 2 aromatic rings. The van der Waals surface area contributed by atoms with Gasteiger partial charge in [-0.2, -0.15) is 4.31 Å². The fourth-order valence-electron chi connectivity index (χ4n) is 3.09. The van der Waals surface area contributed by atoms with E-state index < -0.39 is 20.0 Å². The van der Waals surface area contributed by atoms with E-state index in [0.29, 0.717) is 13.1 Å². The molecule has 0 spiro atoms. The molecule has 3 rings (SSSR count). The standard InChI is InChI=1S/C19H24N2O5S2/c1-15-6-8-16(9-7-15)27(22,23)20-18-11-10-17(14-19(18)26-2)28(24,25)21-12-4-3-5-13-21/h6-11,14,20H,3-5,12-13H2,1-2H3. The van der Waals surface area contributed by atoms with Crippen LogP contribution in [-0.4, -0.2) is 41.3 Å². The Morgan fingerprint density at radius 1 is 0.893 bits per heavy atom. The Hall–Kier alpha value is -2.10. The minimum absolute atomic E-state index is 0.0875. The number of rotatable bonds is 6. The summed E-state index contributed by atoms with van der Waals surface area (Å²) in [6.45, 7) is 2.85. The monoisotopic (exact) mass is 424 g/mol. The average Bonchev–Trinajstić information content (AvgIpc) is 2.69. The lowest BCUT2D eigenvalue weighted by molar-refractivity contribution is 0.346. The van der Waals surface area contributed by atoms with E-state index in [-0.39, 0.29) is 21.2 Å². The van der Waals surface area contributed by atoms with Gasteiger partial charge < -0.3 is 4.74 Å². The molecule has 152 valence electrons. The third kappa shape index (κ3) is 4.31. The number of hydrogen-bond acceptors (Lipinski definition) is 5. The second-order valence-electron chi connectivity index (χ2n) is 6.75. The first-order valence-electron chi connectivity index (χ1n) is 9.02. The maximum absolute atomic E-state index is 12.8. The fourth-order valence-corrected chi connectivity index (χ4v) is 5.70. The lowest BCUT2D eigenvalue weighted by Crippen LogP contribution is -2.35. The quantitative estimate of drug-likeness (QED) is 0.770. The molecule has 0 aromatic heterocycles. The summed E-state index contributed by atoms with van der Waals surface area (Å²) in [5, 5.41) is 0. The van der Waals surface area contributed by atoms with Gasteiger partial charge >= 0.3 is 0 Å². The molecule has 1 fully saturated rings. The van der Waals surface area contributed by atoms with Gasteiger partial charge in [-0.25, -0.2) is 16.8 Å². The van der Waals surface area contributed by atoms with Crippen molar-refractivity contribution >= 4 is 25.7 Å². The smallest absolute Gasteiger partial charge is 0.262 e. The first kappa shape index (κ1) is 20.6. The normalized spacial score (nSPS) is 15.9. The van der Waals surface area contributed by atoms with Crippen molar-refractivity contribution < 1.29 is 21.6 Å². The Morgan fingerprint density at radius 2 is 1.50 bits per heavy atom. The maximum Gasteiger partial charge on any atom is 0.262 e. The predicted octanol–water partition coefficient (Wildman–Crippen LogP) is 2.98. The molecule has 0 amide bonds. The summed E-state index contributed by atoms with van der Waals surface area (Å²) >= 11 is 0. The third-order valence-electron chi connectivity index (χ3n) is 4.70. The largest absolute Gasteiger partial charge is 0.495 e. The Kier molecular flexibility index (Phi) is 5.97. The summed E-state index contributed by atoms with van der Waals surface area (Å²) < 4.78 is 60.1. The number of sulfonamides is 2. The van der Waals surface area contributed by atoms with Crippen LogP contribution in [0, 0.1) is 6.92 Å². The van der Waals surface area contributed by atoms with Crippen LogP contribution < -0.4 is 9.46 Å². The lowest BCUT2D eigenvalue weighted by Gasteiger charge is -2.26. The first-order valence-corrected chi connectivity index (χ1v) is 11.9. The molecule has 1 aliphatic rings. The molecule has 0 unspecified atom stereocenters. The van der Waals surface area contributed by atoms with E-state index in [9.17, 15) is 16.8 Å². The number of piperidine rings is 1. The summed E-state index contributed by atoms with van der Waals surface area (Å²) in [6, 6.07) is 10.6. The van der Waals surface area contributed by atoms with Crippen molar-refractivity contribution in [1.82, 2.24) is 4.31 Å². The van der Waals surface area contributed by atoms with Crippen molar-refractivity contribution in [3.05, 3.63) is 48.0 Å². The van der Waals surface area contributed by atoms with E-state index >= 15 is 0 Å². The topological polar surface area (TPSA) is 92.8 Å². The summed E-state index contributed by atoms with van der Waals surface area (Å²) in [7, 11) is -6.09. The number of aryl methyl sites for hydroxylation is 1. The molecule has 1 aliphatic heterocycles. The van der Waals surface area contributed by atoms with Gasteiger partial charge in [0.1, 0.15) is 5.75 Å². The number of methoxy groups -OCH3 is 1. The van der Waals surface area contributed by atoms with E-state index in [1.807, 2.05) is 6.92 Å². The van der Waals surface area contributed by atoms with Gasteiger partial charge in [0, 0.05) is 19.2 Å². The maximum atomic E-state index is 12.8. The molecular weight excluding hydrogens is 400 g/mol. The van der Waals surface area contributed by atoms with Crippen LogP contribution in [0.15, 0.2) is 52.3 Å². The van der Waals surface area contributed by atoms with Crippen LogP contribution in [0.2, 0.25) is 0 Å². The molecule has 0 atom stereocenters. The molecule has 0 saturated carbocycles. The molecule has 9 heteroatoms. The predicted molar refractivity (Wildman–Crippen MR) is 108 cm³/mol. The molecule has 1 saturated heterocycles. The van der Waals surface area contributed by atoms with Gasteiger partial charge in [0.15, 0.2) is 0 Å². The highest BCUT2D eigenvalue weighted by Crippen LogP contribution is 2.31. The van der Waals surface area contributed by atoms with E-state index in [1.54, 1.807) is 12.1 Å². The van der Waals surface area contributed by atoms with Crippen molar-refractivity contribution in [3.63, 3.8) is 0 Å². The minimum atomic E-state index is -3.82. The van der Waals surface area contributed by atoms with Crippen LogP contribution in [-0.2, 0) is 20.0 Å². The number of nitrogens with zero attached hydrogens (tertiary/aromatic N) is 1. The van der Waals surface area contributed by atoms with Gasteiger partial charge in [0.2, 0.25) is 10.0 Å². The van der Waals surface area contributed by atoms with Gasteiger partial charge in [0.25, 0.3) is 10.0 Å². The molecular formula is C19H24N2O5S2. The van der Waals surface area contributed by atoms with Crippen LogP contribution in [0.1, 0.15) is 24.8 Å². The number of benzene rings is 2. The van der Waals surface area contributed by atoms with Gasteiger partial charge in [-0.3, -0.25) is 4.72 Å². The summed E-state index contributed by atoms with van der Waals surface area (Å²) in [5.41, 5.74) is 1.13. The van der Waals surface area contributed by atoms with Crippen LogP contribution in [0.25, 0.3) is 0 Å². The zero-order valence-corrected chi connectivity index (χ0v) is 17.5. The van der Waals surface area contributed by atoms with Gasteiger partial charge in [-0.05, 0) is 44.0 Å². The summed E-state index contributed by atoms with van der Waals surface area (Å²) in [4.78, 5) is 0.203. The molecule has 0 aliphatic carbocycles. The number of anilines is 1. The summed E-state index contributed by atoms with van der Waals surface area (Å²) in [6.07, 6.45) is 2.70. The number of nitrogens with one attached hydrogen (secondary N) is 1. The van der Waals surface area contributed by atoms with Gasteiger partial charge in [-0.15, -0.1) is 0 Å². The van der Waals surface area contributed by atoms with Crippen LogP contribution in [0.4, 0.5) is 5.69 Å². The highest BCUT2D eigenvalue weighted by molar-refractivity contribution is 7.92. The molecule has 7 nitrogen and oxygen atoms in total. The van der Waals surface area contributed by atoms with Crippen molar-refractivity contribution in [2.24, 2.45) is 0 Å². The van der Waals surface area contributed by atoms with Crippen molar-refractivity contribution in [1.29, 1.82) is 0 Å². The minimum Gasteiger partial charge on any atom is -0.495 e. The van der Waals surface area contributed by atoms with Gasteiger partial charge in [0.05, 0.1) is 22.6 Å². The second-order valence-corrected chi connectivity index (χ2v) is 10.4. The summed E-state index contributed by atoms with van der Waals surface area (Å²) in [5.74, 6) is 0.147. The van der Waals surface area contributed by atoms with Crippen molar-refractivity contribution in [2.45, 2.75) is 36.0 Å². The van der Waals surface area contributed by atoms with Gasteiger partial charge in [-0.1, -0.05) is 24.1 Å². The molecule has 1 heterocycles. The first-order chi connectivity index (χ1) is 13.2. The SMILES string of the molecule is COc1cc(S(=O)(=O)N2CCCCC2)ccc1NS(=O)(=O)c1ccc(C)cc1. The fraction of sp³-hybridized carbons (Fsp3) is 0.368. The molecule has 1 N–H and O–H groups in total.